The fourth-order valence-corrected chi connectivity index (χ4v) is 0.144. The standard InChI is InChI=1S/C4H6Cl2O2/c1-2-4(5,6)3(7)8/h2H2,1H3,(H,7,8)/p-1. The minimum atomic E-state index is -1.71. The molecule has 0 aromatic heterocycles. The van der Waals surface area contributed by atoms with Crippen LogP contribution in [-0.2, 0) is 4.79 Å². The topological polar surface area (TPSA) is 40.1 Å². The third kappa shape index (κ3) is 1.88. The maximum Gasteiger partial charge on any atom is 0.157 e. The first-order valence-electron chi connectivity index (χ1n) is 2.10. The number of carbonyl (C=O) groups is 1. The van der Waals surface area contributed by atoms with Crippen molar-refractivity contribution in [3.05, 3.63) is 0 Å². The summed E-state index contributed by atoms with van der Waals surface area (Å²) in [6.07, 6.45) is 0.151. The lowest BCUT2D eigenvalue weighted by atomic mass is 10.3. The van der Waals surface area contributed by atoms with Gasteiger partial charge < -0.3 is 9.90 Å². The van der Waals surface area contributed by atoms with E-state index in [4.69, 9.17) is 23.2 Å². The van der Waals surface area contributed by atoms with E-state index < -0.39 is 10.3 Å². The SMILES string of the molecule is CCC(Cl)(Cl)C(=O)[O-]. The Balaban J connectivity index is 3.91. The molecule has 48 valence electrons. The van der Waals surface area contributed by atoms with Gasteiger partial charge in [0.2, 0.25) is 0 Å². The Morgan fingerprint density at radius 1 is 1.75 bits per heavy atom. The van der Waals surface area contributed by atoms with E-state index in [2.05, 4.69) is 0 Å². The van der Waals surface area contributed by atoms with Crippen molar-refractivity contribution < 1.29 is 9.90 Å². The minimum absolute atomic E-state index is 0.151. The smallest absolute Gasteiger partial charge is 0.157 e. The largest absolute Gasteiger partial charge is 0.547 e. The second-order valence-electron chi connectivity index (χ2n) is 1.35. The van der Waals surface area contributed by atoms with Gasteiger partial charge in [-0.3, -0.25) is 0 Å². The van der Waals surface area contributed by atoms with Crippen LogP contribution in [0.15, 0.2) is 0 Å². The zero-order chi connectivity index (χ0) is 6.78. The van der Waals surface area contributed by atoms with E-state index in [0.717, 1.165) is 0 Å². The summed E-state index contributed by atoms with van der Waals surface area (Å²) >= 11 is 10.3. The molecule has 4 heteroatoms. The molecule has 0 bridgehead atoms. The Hall–Kier alpha value is 0.0500. The molecular formula is C4H5Cl2O2-. The summed E-state index contributed by atoms with van der Waals surface area (Å²) in [6.45, 7) is 1.57. The van der Waals surface area contributed by atoms with Crippen LogP contribution in [0.1, 0.15) is 13.3 Å². The molecule has 0 saturated carbocycles. The zero-order valence-corrected chi connectivity index (χ0v) is 5.79. The van der Waals surface area contributed by atoms with Crippen molar-refractivity contribution in [2.45, 2.75) is 17.7 Å². The lowest BCUT2D eigenvalue weighted by Gasteiger charge is -2.16. The van der Waals surface area contributed by atoms with Crippen LogP contribution in [-0.4, -0.2) is 10.3 Å². The molecule has 0 heterocycles. The predicted molar refractivity (Wildman–Crippen MR) is 29.7 cm³/mol. The number of carboxylic acid groups (broad SMARTS) is 1. The Labute approximate surface area is 57.4 Å². The van der Waals surface area contributed by atoms with Gasteiger partial charge in [0.05, 0.1) is 5.97 Å². The Morgan fingerprint density at radius 2 is 2.12 bits per heavy atom. The van der Waals surface area contributed by atoms with E-state index in [-0.39, 0.29) is 6.42 Å². The Bertz CT molecular complexity index is 100. The predicted octanol–water partition coefficient (Wildman–Crippen LogP) is 0.320. The lowest BCUT2D eigenvalue weighted by molar-refractivity contribution is -0.306. The van der Waals surface area contributed by atoms with Gasteiger partial charge in [-0.25, -0.2) is 0 Å². The number of carbonyl (C=O) groups excluding carboxylic acids is 1. The van der Waals surface area contributed by atoms with Gasteiger partial charge in [0, 0.05) is 0 Å². The summed E-state index contributed by atoms with van der Waals surface area (Å²) in [5.41, 5.74) is 0. The molecule has 2 nitrogen and oxygen atoms in total. The van der Waals surface area contributed by atoms with Gasteiger partial charge in [0.15, 0.2) is 4.33 Å². The molecule has 0 amide bonds. The average molecular weight is 156 g/mol. The highest BCUT2D eigenvalue weighted by atomic mass is 35.5. The van der Waals surface area contributed by atoms with Crippen LogP contribution in [0.4, 0.5) is 0 Å². The summed E-state index contributed by atoms with van der Waals surface area (Å²) in [4.78, 5) is 9.88. The van der Waals surface area contributed by atoms with E-state index in [0.29, 0.717) is 0 Å². The summed E-state index contributed by atoms with van der Waals surface area (Å²) in [5.74, 6) is -1.44. The molecule has 0 aliphatic rings. The quantitative estimate of drug-likeness (QED) is 0.540. The van der Waals surface area contributed by atoms with Crippen LogP contribution in [0.25, 0.3) is 0 Å². The van der Waals surface area contributed by atoms with Crippen molar-refractivity contribution in [1.29, 1.82) is 0 Å². The summed E-state index contributed by atoms with van der Waals surface area (Å²) in [7, 11) is 0. The van der Waals surface area contributed by atoms with Crippen molar-refractivity contribution in [1.82, 2.24) is 0 Å². The van der Waals surface area contributed by atoms with Crippen LogP contribution < -0.4 is 5.11 Å². The fraction of sp³-hybridized carbons (Fsp3) is 0.750. The molecule has 0 aliphatic carbocycles. The highest BCUT2D eigenvalue weighted by Crippen LogP contribution is 2.23. The molecule has 0 saturated heterocycles. The van der Waals surface area contributed by atoms with Gasteiger partial charge >= 0.3 is 0 Å². The lowest BCUT2D eigenvalue weighted by Crippen LogP contribution is -2.39. The number of carboxylic acids is 1. The summed E-state index contributed by atoms with van der Waals surface area (Å²) in [6, 6.07) is 0. The Morgan fingerprint density at radius 3 is 2.12 bits per heavy atom. The van der Waals surface area contributed by atoms with Gasteiger partial charge in [-0.2, -0.15) is 0 Å². The van der Waals surface area contributed by atoms with Gasteiger partial charge in [-0.05, 0) is 6.42 Å². The molecule has 0 aromatic rings. The monoisotopic (exact) mass is 155 g/mol. The van der Waals surface area contributed by atoms with Gasteiger partial charge in [-0.15, -0.1) is 0 Å². The maximum atomic E-state index is 9.88. The van der Waals surface area contributed by atoms with Crippen LogP contribution in [0, 0.1) is 0 Å². The number of alkyl halides is 2. The Kier molecular flexibility index (Phi) is 2.57. The second-order valence-corrected chi connectivity index (χ2v) is 2.83. The van der Waals surface area contributed by atoms with E-state index in [1.807, 2.05) is 0 Å². The molecule has 0 N–H and O–H groups in total. The first-order chi connectivity index (χ1) is 3.50. The zero-order valence-electron chi connectivity index (χ0n) is 4.28. The summed E-state index contributed by atoms with van der Waals surface area (Å²) < 4.78 is -1.71. The fourth-order valence-electron chi connectivity index (χ4n) is 0.144. The van der Waals surface area contributed by atoms with Crippen LogP contribution in [0.5, 0.6) is 0 Å². The highest BCUT2D eigenvalue weighted by molar-refractivity contribution is 6.57. The molecule has 0 unspecified atom stereocenters. The molecule has 0 fully saturated rings. The molecule has 8 heavy (non-hydrogen) atoms. The first-order valence-corrected chi connectivity index (χ1v) is 2.85. The number of aliphatic carboxylic acids is 1. The molecule has 0 spiro atoms. The number of hydrogen-bond acceptors (Lipinski definition) is 2. The van der Waals surface area contributed by atoms with E-state index in [9.17, 15) is 9.90 Å². The number of hydrogen-bond donors (Lipinski definition) is 0. The van der Waals surface area contributed by atoms with Gasteiger partial charge in [0.25, 0.3) is 0 Å². The third-order valence-electron chi connectivity index (χ3n) is 0.743. The van der Waals surface area contributed by atoms with Crippen molar-refractivity contribution >= 4 is 29.2 Å². The highest BCUT2D eigenvalue weighted by Gasteiger charge is 2.21. The third-order valence-corrected chi connectivity index (χ3v) is 1.59. The van der Waals surface area contributed by atoms with Crippen molar-refractivity contribution in [2.75, 3.05) is 0 Å². The molecular weight excluding hydrogens is 151 g/mol. The van der Waals surface area contributed by atoms with Crippen molar-refractivity contribution in [3.63, 3.8) is 0 Å². The van der Waals surface area contributed by atoms with Gasteiger partial charge in [-0.1, -0.05) is 30.1 Å². The molecule has 0 atom stereocenters. The number of halogens is 2. The van der Waals surface area contributed by atoms with Crippen LogP contribution in [0.2, 0.25) is 0 Å². The van der Waals surface area contributed by atoms with E-state index >= 15 is 0 Å². The number of rotatable bonds is 2. The molecule has 0 aromatic carbocycles. The van der Waals surface area contributed by atoms with E-state index in [1.165, 1.54) is 0 Å². The van der Waals surface area contributed by atoms with Gasteiger partial charge in [0.1, 0.15) is 0 Å². The molecule has 0 radical (unpaired) electrons. The maximum absolute atomic E-state index is 9.88. The van der Waals surface area contributed by atoms with Crippen LogP contribution >= 0.6 is 23.2 Å². The van der Waals surface area contributed by atoms with E-state index in [1.54, 1.807) is 6.92 Å². The second kappa shape index (κ2) is 2.55. The normalized spacial score (nSPS) is 11.4. The molecule has 0 aliphatic heterocycles. The molecule has 0 rings (SSSR count). The summed E-state index contributed by atoms with van der Waals surface area (Å²) in [5, 5.41) is 9.88. The van der Waals surface area contributed by atoms with Crippen molar-refractivity contribution in [3.8, 4) is 0 Å². The minimum Gasteiger partial charge on any atom is -0.547 e. The first kappa shape index (κ1) is 8.05. The average Bonchev–Trinajstić information content (AvgIpc) is 1.67. The van der Waals surface area contributed by atoms with Crippen molar-refractivity contribution in [2.24, 2.45) is 0 Å². The van der Waals surface area contributed by atoms with Crippen LogP contribution in [0.3, 0.4) is 0 Å².